The highest BCUT2D eigenvalue weighted by Gasteiger charge is 2.13. The Balaban J connectivity index is 1.80. The molecule has 0 atom stereocenters. The summed E-state index contributed by atoms with van der Waals surface area (Å²) in [5.74, 6) is -0.0661. The van der Waals surface area contributed by atoms with Crippen LogP contribution in [0.1, 0.15) is 17.2 Å². The Bertz CT molecular complexity index is 858. The number of rotatable bonds is 3. The van der Waals surface area contributed by atoms with Crippen molar-refractivity contribution in [3.63, 3.8) is 0 Å². The van der Waals surface area contributed by atoms with Crippen molar-refractivity contribution in [3.8, 4) is 0 Å². The summed E-state index contributed by atoms with van der Waals surface area (Å²) < 4.78 is 15.1. The molecule has 0 aliphatic rings. The Hall–Kier alpha value is -2.83. The normalized spacial score (nSPS) is 10.9. The molecule has 0 unspecified atom stereocenters. The van der Waals surface area contributed by atoms with Crippen LogP contribution in [0, 0.1) is 19.7 Å². The maximum absolute atomic E-state index is 13.5. The molecule has 1 N–H and O–H groups in total. The summed E-state index contributed by atoms with van der Waals surface area (Å²) in [6.45, 7) is 3.76. The molecule has 6 nitrogen and oxygen atoms in total. The molecule has 0 saturated heterocycles. The van der Waals surface area contributed by atoms with Crippen molar-refractivity contribution in [1.29, 1.82) is 0 Å². The van der Waals surface area contributed by atoms with Gasteiger partial charge in [0.25, 0.3) is 5.78 Å². The predicted octanol–water partition coefficient (Wildman–Crippen LogP) is 2.06. The summed E-state index contributed by atoms with van der Waals surface area (Å²) in [6, 6.07) is 7.88. The summed E-state index contributed by atoms with van der Waals surface area (Å²) in [6.07, 6.45) is -0.0455. The third kappa shape index (κ3) is 2.78. The second-order valence-corrected chi connectivity index (χ2v) is 4.98. The van der Waals surface area contributed by atoms with Gasteiger partial charge in [-0.3, -0.25) is 4.79 Å². The molecule has 0 aliphatic carbocycles. The van der Waals surface area contributed by atoms with Gasteiger partial charge >= 0.3 is 0 Å². The molecule has 112 valence electrons. The van der Waals surface area contributed by atoms with E-state index in [0.717, 1.165) is 11.4 Å². The van der Waals surface area contributed by atoms with Crippen molar-refractivity contribution in [2.45, 2.75) is 20.3 Å². The van der Waals surface area contributed by atoms with Gasteiger partial charge in [-0.2, -0.15) is 4.98 Å². The van der Waals surface area contributed by atoms with Crippen LogP contribution in [0.3, 0.4) is 0 Å². The van der Waals surface area contributed by atoms with E-state index < -0.39 is 5.82 Å². The Morgan fingerprint density at radius 3 is 2.82 bits per heavy atom. The van der Waals surface area contributed by atoms with E-state index in [4.69, 9.17) is 0 Å². The summed E-state index contributed by atoms with van der Waals surface area (Å²) in [5, 5.41) is 6.75. The molecule has 0 saturated carbocycles. The molecule has 0 aliphatic heterocycles. The molecule has 2 heterocycles. The van der Waals surface area contributed by atoms with Crippen molar-refractivity contribution < 1.29 is 9.18 Å². The number of aryl methyl sites for hydroxylation is 2. The van der Waals surface area contributed by atoms with Gasteiger partial charge in [0, 0.05) is 11.4 Å². The van der Waals surface area contributed by atoms with Crippen LogP contribution in [0.2, 0.25) is 0 Å². The lowest BCUT2D eigenvalue weighted by molar-refractivity contribution is -0.115. The number of amides is 1. The number of anilines is 1. The summed E-state index contributed by atoms with van der Waals surface area (Å²) in [5.41, 5.74) is 1.86. The fourth-order valence-corrected chi connectivity index (χ4v) is 2.18. The van der Waals surface area contributed by atoms with Crippen LogP contribution in [0.5, 0.6) is 0 Å². The molecular weight excluding hydrogens is 285 g/mol. The minimum absolute atomic E-state index is 0.0455. The molecule has 3 aromatic rings. The number of hydrogen-bond acceptors (Lipinski definition) is 4. The fraction of sp³-hybridized carbons (Fsp3) is 0.200. The molecule has 22 heavy (non-hydrogen) atoms. The van der Waals surface area contributed by atoms with Crippen molar-refractivity contribution in [2.75, 3.05) is 5.32 Å². The van der Waals surface area contributed by atoms with Crippen LogP contribution in [-0.4, -0.2) is 25.5 Å². The lowest BCUT2D eigenvalue weighted by Crippen LogP contribution is -2.16. The minimum atomic E-state index is -0.480. The topological polar surface area (TPSA) is 72.2 Å². The monoisotopic (exact) mass is 299 g/mol. The summed E-state index contributed by atoms with van der Waals surface area (Å²) in [4.78, 5) is 20.5. The Kier molecular flexibility index (Phi) is 3.54. The van der Waals surface area contributed by atoms with Gasteiger partial charge in [0.1, 0.15) is 5.82 Å². The first-order valence-corrected chi connectivity index (χ1v) is 6.77. The van der Waals surface area contributed by atoms with Crippen LogP contribution < -0.4 is 5.32 Å². The molecule has 0 bridgehead atoms. The molecule has 7 heteroatoms. The zero-order chi connectivity index (χ0) is 15.7. The Morgan fingerprint density at radius 2 is 2.05 bits per heavy atom. The SMILES string of the molecule is Cc1cc(C)n2nc(CC(=O)Nc3ccccc3F)nc2n1. The highest BCUT2D eigenvalue weighted by molar-refractivity contribution is 5.91. The molecule has 3 rings (SSSR count). The Morgan fingerprint density at radius 1 is 1.27 bits per heavy atom. The highest BCUT2D eigenvalue weighted by Crippen LogP contribution is 2.13. The van der Waals surface area contributed by atoms with Gasteiger partial charge in [-0.1, -0.05) is 12.1 Å². The maximum atomic E-state index is 13.5. The van der Waals surface area contributed by atoms with Crippen LogP contribution in [-0.2, 0) is 11.2 Å². The first-order chi connectivity index (χ1) is 10.5. The van der Waals surface area contributed by atoms with E-state index in [-0.39, 0.29) is 18.0 Å². The average Bonchev–Trinajstić information content (AvgIpc) is 2.84. The lowest BCUT2D eigenvalue weighted by Gasteiger charge is -2.04. The fourth-order valence-electron chi connectivity index (χ4n) is 2.18. The molecule has 1 aromatic carbocycles. The van der Waals surface area contributed by atoms with E-state index in [1.807, 2.05) is 19.9 Å². The number of halogens is 1. The van der Waals surface area contributed by atoms with E-state index in [1.54, 1.807) is 16.6 Å². The van der Waals surface area contributed by atoms with E-state index in [2.05, 4.69) is 20.4 Å². The number of fused-ring (bicyclic) bond motifs is 1. The van der Waals surface area contributed by atoms with Crippen LogP contribution in [0.25, 0.3) is 5.78 Å². The number of para-hydroxylation sites is 1. The first kappa shape index (κ1) is 14.1. The smallest absolute Gasteiger partial charge is 0.252 e. The van der Waals surface area contributed by atoms with Crippen LogP contribution >= 0.6 is 0 Å². The van der Waals surface area contributed by atoms with Crippen LogP contribution in [0.15, 0.2) is 30.3 Å². The maximum Gasteiger partial charge on any atom is 0.252 e. The Labute approximate surface area is 126 Å². The van der Waals surface area contributed by atoms with E-state index in [9.17, 15) is 9.18 Å². The van der Waals surface area contributed by atoms with Crippen molar-refractivity contribution in [1.82, 2.24) is 19.6 Å². The third-order valence-corrected chi connectivity index (χ3v) is 3.13. The number of carbonyl (C=O) groups is 1. The number of carbonyl (C=O) groups excluding carboxylic acids is 1. The van der Waals surface area contributed by atoms with Gasteiger partial charge in [-0.25, -0.2) is 13.9 Å². The number of aromatic nitrogens is 4. The zero-order valence-corrected chi connectivity index (χ0v) is 12.2. The zero-order valence-electron chi connectivity index (χ0n) is 12.2. The van der Waals surface area contributed by atoms with E-state index >= 15 is 0 Å². The molecule has 0 fully saturated rings. The van der Waals surface area contributed by atoms with Crippen molar-refractivity contribution in [3.05, 3.63) is 53.4 Å². The molecule has 1 amide bonds. The molecule has 0 radical (unpaired) electrons. The van der Waals surface area contributed by atoms with Crippen molar-refractivity contribution >= 4 is 17.4 Å². The number of benzene rings is 1. The molecular formula is C15H14FN5O. The number of hydrogen-bond donors (Lipinski definition) is 1. The van der Waals surface area contributed by atoms with Gasteiger partial charge in [0.2, 0.25) is 5.91 Å². The third-order valence-electron chi connectivity index (χ3n) is 3.13. The molecule has 2 aromatic heterocycles. The van der Waals surface area contributed by atoms with Gasteiger partial charge in [0.05, 0.1) is 12.1 Å². The largest absolute Gasteiger partial charge is 0.323 e. The van der Waals surface area contributed by atoms with E-state index in [1.165, 1.54) is 12.1 Å². The highest BCUT2D eigenvalue weighted by atomic mass is 19.1. The summed E-state index contributed by atoms with van der Waals surface area (Å²) in [7, 11) is 0. The van der Waals surface area contributed by atoms with Gasteiger partial charge in [-0.15, -0.1) is 5.10 Å². The quantitative estimate of drug-likeness (QED) is 0.803. The summed E-state index contributed by atoms with van der Waals surface area (Å²) >= 11 is 0. The second-order valence-electron chi connectivity index (χ2n) is 4.98. The standard InChI is InChI=1S/C15H14FN5O/c1-9-7-10(2)21-15(17-9)19-13(20-21)8-14(22)18-12-6-4-3-5-11(12)16/h3-7H,8H2,1-2H3,(H,18,22). The van der Waals surface area contributed by atoms with Crippen molar-refractivity contribution in [2.24, 2.45) is 0 Å². The lowest BCUT2D eigenvalue weighted by atomic mass is 10.3. The first-order valence-electron chi connectivity index (χ1n) is 6.77. The van der Waals surface area contributed by atoms with E-state index in [0.29, 0.717) is 11.6 Å². The second kappa shape index (κ2) is 5.51. The van der Waals surface area contributed by atoms with Gasteiger partial charge in [-0.05, 0) is 32.0 Å². The number of nitrogens with zero attached hydrogens (tertiary/aromatic N) is 4. The van der Waals surface area contributed by atoms with Gasteiger partial charge in [0.15, 0.2) is 5.82 Å². The predicted molar refractivity (Wildman–Crippen MR) is 79.0 cm³/mol. The van der Waals surface area contributed by atoms with Gasteiger partial charge < -0.3 is 5.32 Å². The molecule has 0 spiro atoms. The minimum Gasteiger partial charge on any atom is -0.323 e. The number of nitrogens with one attached hydrogen (secondary N) is 1. The average molecular weight is 299 g/mol. The van der Waals surface area contributed by atoms with Crippen LogP contribution in [0.4, 0.5) is 10.1 Å².